The second-order valence-corrected chi connectivity index (χ2v) is 9.94. The van der Waals surface area contributed by atoms with Crippen LogP contribution in [0.25, 0.3) is 0 Å². The van der Waals surface area contributed by atoms with Crippen molar-refractivity contribution in [3.8, 4) is 0 Å². The zero-order chi connectivity index (χ0) is 20.6. The van der Waals surface area contributed by atoms with Gasteiger partial charge in [-0.25, -0.2) is 13.1 Å². The molecular weight excluding hydrogens is 374 g/mol. The van der Waals surface area contributed by atoms with Gasteiger partial charge in [-0.3, -0.25) is 9.89 Å². The van der Waals surface area contributed by atoms with E-state index in [0.717, 1.165) is 12.8 Å². The van der Waals surface area contributed by atoms with Crippen LogP contribution in [0.2, 0.25) is 0 Å². The average Bonchev–Trinajstić information content (AvgIpc) is 2.62. The van der Waals surface area contributed by atoms with Crippen LogP contribution >= 0.6 is 0 Å². The molecule has 2 rings (SSSR count). The highest BCUT2D eigenvalue weighted by Gasteiger charge is 2.22. The number of likely N-dealkylation sites (tertiary alicyclic amines) is 1. The zero-order valence-electron chi connectivity index (χ0n) is 17.6. The summed E-state index contributed by atoms with van der Waals surface area (Å²) < 4.78 is 25.5. The molecule has 1 aromatic rings. The summed E-state index contributed by atoms with van der Waals surface area (Å²) in [4.78, 5) is 6.73. The Bertz CT molecular complexity index is 738. The number of hydrogen-bond donors (Lipinski definition) is 3. The van der Waals surface area contributed by atoms with Crippen LogP contribution in [0.15, 0.2) is 29.3 Å². The van der Waals surface area contributed by atoms with Gasteiger partial charge in [0.2, 0.25) is 10.0 Å². The molecule has 158 valence electrons. The maximum atomic E-state index is 11.4. The van der Waals surface area contributed by atoms with Crippen LogP contribution in [-0.4, -0.2) is 57.8 Å². The second-order valence-electron chi connectivity index (χ2n) is 8.19. The molecule has 28 heavy (non-hydrogen) atoms. The summed E-state index contributed by atoms with van der Waals surface area (Å²) in [6.07, 6.45) is 5.14. The third kappa shape index (κ3) is 8.58. The Morgan fingerprint density at radius 3 is 2.25 bits per heavy atom. The van der Waals surface area contributed by atoms with Crippen LogP contribution in [0, 0.1) is 0 Å². The Morgan fingerprint density at radius 2 is 1.68 bits per heavy atom. The second kappa shape index (κ2) is 10.2. The summed E-state index contributed by atoms with van der Waals surface area (Å²) in [6.45, 7) is 8.17. The van der Waals surface area contributed by atoms with Crippen molar-refractivity contribution in [1.82, 2.24) is 20.3 Å². The number of benzene rings is 1. The lowest BCUT2D eigenvalue weighted by atomic mass is 10.1. The molecule has 1 fully saturated rings. The first-order valence-electron chi connectivity index (χ1n) is 9.90. The molecule has 1 aliphatic rings. The quantitative estimate of drug-likeness (QED) is 0.449. The highest BCUT2D eigenvalue weighted by Crippen LogP contribution is 2.13. The molecule has 0 bridgehead atoms. The van der Waals surface area contributed by atoms with Gasteiger partial charge in [0.05, 0.1) is 6.26 Å². The number of rotatable bonds is 8. The first kappa shape index (κ1) is 22.6. The van der Waals surface area contributed by atoms with Crippen molar-refractivity contribution in [2.24, 2.45) is 4.99 Å². The van der Waals surface area contributed by atoms with Gasteiger partial charge in [-0.2, -0.15) is 0 Å². The van der Waals surface area contributed by atoms with E-state index in [0.29, 0.717) is 19.0 Å². The summed E-state index contributed by atoms with van der Waals surface area (Å²) in [5, 5.41) is 6.45. The average molecular weight is 410 g/mol. The monoisotopic (exact) mass is 409 g/mol. The smallest absolute Gasteiger partial charge is 0.209 e. The summed E-state index contributed by atoms with van der Waals surface area (Å²) in [5.74, 6) is 0.640. The van der Waals surface area contributed by atoms with Crippen molar-refractivity contribution >= 4 is 16.0 Å². The number of aliphatic imine (C=N–C) groups is 1. The minimum atomic E-state index is -3.26. The lowest BCUT2D eigenvalue weighted by molar-refractivity contribution is 0.221. The molecule has 0 aromatic heterocycles. The van der Waals surface area contributed by atoms with Gasteiger partial charge in [-0.05, 0) is 50.9 Å². The van der Waals surface area contributed by atoms with Crippen molar-refractivity contribution < 1.29 is 8.42 Å². The maximum Gasteiger partial charge on any atom is 0.209 e. The number of sulfonamides is 1. The molecule has 0 radical (unpaired) electrons. The lowest BCUT2D eigenvalue weighted by Crippen LogP contribution is -2.52. The van der Waals surface area contributed by atoms with Crippen LogP contribution in [0.5, 0.6) is 0 Å². The molecule has 0 aliphatic carbocycles. The minimum Gasteiger partial charge on any atom is -0.355 e. The molecule has 0 saturated carbocycles. The largest absolute Gasteiger partial charge is 0.355 e. The normalized spacial score (nSPS) is 16.8. The molecule has 0 spiro atoms. The van der Waals surface area contributed by atoms with Crippen molar-refractivity contribution in [3.05, 3.63) is 35.4 Å². The fourth-order valence-corrected chi connectivity index (χ4v) is 4.46. The van der Waals surface area contributed by atoms with E-state index in [2.05, 4.69) is 49.5 Å². The summed E-state index contributed by atoms with van der Waals surface area (Å²) in [7, 11) is -1.56. The number of nitrogens with one attached hydrogen (secondary N) is 3. The van der Waals surface area contributed by atoms with E-state index in [4.69, 9.17) is 0 Å². The maximum absolute atomic E-state index is 11.4. The predicted molar refractivity (Wildman–Crippen MR) is 116 cm³/mol. The van der Waals surface area contributed by atoms with Gasteiger partial charge in [0.15, 0.2) is 5.96 Å². The Balaban J connectivity index is 1.79. The highest BCUT2D eigenvalue weighted by molar-refractivity contribution is 7.88. The molecule has 1 aliphatic heterocycles. The fraction of sp³-hybridized carbons (Fsp3) is 0.650. The molecule has 1 saturated heterocycles. The molecule has 3 N–H and O–H groups in total. The zero-order valence-corrected chi connectivity index (χ0v) is 18.4. The van der Waals surface area contributed by atoms with E-state index >= 15 is 0 Å². The third-order valence-electron chi connectivity index (χ3n) is 4.72. The molecule has 8 heteroatoms. The Hall–Kier alpha value is -1.64. The number of guanidine groups is 1. The van der Waals surface area contributed by atoms with Gasteiger partial charge >= 0.3 is 0 Å². The van der Waals surface area contributed by atoms with E-state index < -0.39 is 15.6 Å². The molecule has 1 aromatic carbocycles. The summed E-state index contributed by atoms with van der Waals surface area (Å²) in [5.41, 5.74) is 1.92. The van der Waals surface area contributed by atoms with E-state index in [9.17, 15) is 8.42 Å². The van der Waals surface area contributed by atoms with Crippen molar-refractivity contribution in [2.75, 3.05) is 32.9 Å². The standard InChI is InChI=1S/C20H35N5O2S/c1-20(2,24-28(4,26)27)16-23-19(21-3)22-14-17-8-10-18(11-9-17)15-25-12-6-5-7-13-25/h8-11,24H,5-7,12-16H2,1-4H3,(H2,21,22,23). The minimum absolute atomic E-state index is 0.425. The summed E-state index contributed by atoms with van der Waals surface area (Å²) in [6, 6.07) is 8.69. The molecular formula is C20H35N5O2S. The predicted octanol–water partition coefficient (Wildman–Crippen LogP) is 1.67. The first-order chi connectivity index (χ1) is 13.2. The van der Waals surface area contributed by atoms with Crippen molar-refractivity contribution in [1.29, 1.82) is 0 Å². The molecule has 0 unspecified atom stereocenters. The van der Waals surface area contributed by atoms with Gasteiger partial charge < -0.3 is 10.6 Å². The topological polar surface area (TPSA) is 85.8 Å². The number of nitrogens with zero attached hydrogens (tertiary/aromatic N) is 2. The highest BCUT2D eigenvalue weighted by atomic mass is 32.2. The van der Waals surface area contributed by atoms with Gasteiger partial charge in [0.25, 0.3) is 0 Å². The fourth-order valence-electron chi connectivity index (χ4n) is 3.39. The van der Waals surface area contributed by atoms with Crippen molar-refractivity contribution in [3.63, 3.8) is 0 Å². The number of hydrogen-bond acceptors (Lipinski definition) is 4. The van der Waals surface area contributed by atoms with Crippen LogP contribution in [0.4, 0.5) is 0 Å². The SMILES string of the molecule is CN=C(NCc1ccc(CN2CCCCC2)cc1)NCC(C)(C)NS(C)(=O)=O. The van der Waals surface area contributed by atoms with Gasteiger partial charge in [0, 0.05) is 32.2 Å². The van der Waals surface area contributed by atoms with Gasteiger partial charge in [-0.15, -0.1) is 0 Å². The van der Waals surface area contributed by atoms with Crippen LogP contribution < -0.4 is 15.4 Å². The van der Waals surface area contributed by atoms with E-state index in [-0.39, 0.29) is 0 Å². The van der Waals surface area contributed by atoms with Crippen LogP contribution in [-0.2, 0) is 23.1 Å². The van der Waals surface area contributed by atoms with Gasteiger partial charge in [0.1, 0.15) is 0 Å². The third-order valence-corrected chi connectivity index (χ3v) is 5.64. The molecule has 0 amide bonds. The number of piperidine rings is 1. The molecule has 7 nitrogen and oxygen atoms in total. The Morgan fingerprint density at radius 1 is 1.07 bits per heavy atom. The Kier molecular flexibility index (Phi) is 8.27. The van der Waals surface area contributed by atoms with Crippen molar-refractivity contribution in [2.45, 2.75) is 51.7 Å². The Labute approximate surface area is 170 Å². The lowest BCUT2D eigenvalue weighted by Gasteiger charge is -2.26. The van der Waals surface area contributed by atoms with Crippen LogP contribution in [0.1, 0.15) is 44.2 Å². The van der Waals surface area contributed by atoms with Gasteiger partial charge in [-0.1, -0.05) is 30.7 Å². The summed E-state index contributed by atoms with van der Waals surface area (Å²) >= 11 is 0. The van der Waals surface area contributed by atoms with E-state index in [1.165, 1.54) is 43.5 Å². The molecule has 0 atom stereocenters. The van der Waals surface area contributed by atoms with Crippen LogP contribution in [0.3, 0.4) is 0 Å². The first-order valence-corrected chi connectivity index (χ1v) is 11.8. The van der Waals surface area contributed by atoms with E-state index in [1.54, 1.807) is 7.05 Å². The molecule has 1 heterocycles. The van der Waals surface area contributed by atoms with E-state index in [1.807, 2.05) is 13.8 Å².